The van der Waals surface area contributed by atoms with Crippen molar-refractivity contribution in [3.8, 4) is 0 Å². The summed E-state index contributed by atoms with van der Waals surface area (Å²) in [5, 5.41) is 2.74. The van der Waals surface area contributed by atoms with Gasteiger partial charge >= 0.3 is 0 Å². The fraction of sp³-hybridized carbons (Fsp3) is 0.562. The van der Waals surface area contributed by atoms with Gasteiger partial charge in [0.15, 0.2) is 0 Å². The number of carbonyl (C=O) groups is 1. The molecule has 8 heteroatoms. The van der Waals surface area contributed by atoms with E-state index in [4.69, 9.17) is 5.73 Å². The van der Waals surface area contributed by atoms with Crippen molar-refractivity contribution < 1.29 is 13.2 Å². The summed E-state index contributed by atoms with van der Waals surface area (Å²) >= 11 is 0. The number of benzene rings is 1. The number of hydrogen-bond acceptors (Lipinski definition) is 4. The van der Waals surface area contributed by atoms with Crippen LogP contribution in [0.25, 0.3) is 0 Å². The molecule has 0 unspecified atom stereocenters. The first kappa shape index (κ1) is 20.9. The molecule has 1 saturated heterocycles. The van der Waals surface area contributed by atoms with Crippen molar-refractivity contribution in [2.24, 2.45) is 5.73 Å². The lowest BCUT2D eigenvalue weighted by molar-refractivity contribution is 0.0941. The molecule has 1 aliphatic heterocycles. The van der Waals surface area contributed by atoms with E-state index in [1.54, 1.807) is 25.1 Å². The SMILES string of the molecule is C[C@@H](CN)NC(=O)c1cccc(S(=O)(=O)N2CCCCCC2)c1.Cl. The number of halogens is 1. The summed E-state index contributed by atoms with van der Waals surface area (Å²) in [6, 6.07) is 6.04. The van der Waals surface area contributed by atoms with Gasteiger partial charge in [-0.05, 0) is 38.0 Å². The van der Waals surface area contributed by atoms with Gasteiger partial charge in [0.05, 0.1) is 4.90 Å². The maximum absolute atomic E-state index is 12.8. The molecule has 1 aliphatic rings. The Bertz CT molecular complexity index is 644. The topological polar surface area (TPSA) is 92.5 Å². The van der Waals surface area contributed by atoms with Gasteiger partial charge in [-0.3, -0.25) is 4.79 Å². The van der Waals surface area contributed by atoms with Crippen molar-refractivity contribution in [1.82, 2.24) is 9.62 Å². The van der Waals surface area contributed by atoms with E-state index >= 15 is 0 Å². The van der Waals surface area contributed by atoms with E-state index in [0.717, 1.165) is 25.7 Å². The van der Waals surface area contributed by atoms with E-state index < -0.39 is 10.0 Å². The van der Waals surface area contributed by atoms with Gasteiger partial charge in [0.1, 0.15) is 0 Å². The van der Waals surface area contributed by atoms with Crippen LogP contribution in [-0.4, -0.2) is 44.3 Å². The molecule has 1 aromatic carbocycles. The van der Waals surface area contributed by atoms with E-state index in [0.29, 0.717) is 25.2 Å². The second-order valence-corrected chi connectivity index (χ2v) is 7.89. The number of hydrogen-bond donors (Lipinski definition) is 2. The van der Waals surface area contributed by atoms with Gasteiger partial charge in [0, 0.05) is 31.2 Å². The number of carbonyl (C=O) groups excluding carboxylic acids is 1. The quantitative estimate of drug-likeness (QED) is 0.819. The van der Waals surface area contributed by atoms with Crippen LogP contribution in [0.15, 0.2) is 29.2 Å². The first-order valence-corrected chi connectivity index (χ1v) is 9.50. The molecule has 0 bridgehead atoms. The second kappa shape index (κ2) is 9.36. The molecule has 1 fully saturated rings. The Morgan fingerprint density at radius 3 is 2.46 bits per heavy atom. The summed E-state index contributed by atoms with van der Waals surface area (Å²) in [4.78, 5) is 12.3. The maximum Gasteiger partial charge on any atom is 0.251 e. The summed E-state index contributed by atoms with van der Waals surface area (Å²) in [6.45, 7) is 3.22. The fourth-order valence-corrected chi connectivity index (χ4v) is 4.16. The molecule has 1 amide bonds. The summed E-state index contributed by atoms with van der Waals surface area (Å²) in [6.07, 6.45) is 3.89. The van der Waals surface area contributed by atoms with Crippen LogP contribution >= 0.6 is 12.4 Å². The predicted octanol–water partition coefficient (Wildman–Crippen LogP) is 1.75. The van der Waals surface area contributed by atoms with Crippen molar-refractivity contribution in [3.63, 3.8) is 0 Å². The van der Waals surface area contributed by atoms with Gasteiger partial charge < -0.3 is 11.1 Å². The van der Waals surface area contributed by atoms with E-state index in [1.165, 1.54) is 10.4 Å². The fourth-order valence-electron chi connectivity index (χ4n) is 2.59. The van der Waals surface area contributed by atoms with E-state index in [1.807, 2.05) is 0 Å². The molecule has 0 aliphatic carbocycles. The van der Waals surface area contributed by atoms with Crippen LogP contribution in [0.3, 0.4) is 0 Å². The highest BCUT2D eigenvalue weighted by molar-refractivity contribution is 7.89. The summed E-state index contributed by atoms with van der Waals surface area (Å²) in [5.41, 5.74) is 5.83. The molecule has 6 nitrogen and oxygen atoms in total. The van der Waals surface area contributed by atoms with Crippen LogP contribution in [-0.2, 0) is 10.0 Å². The normalized spacial score (nSPS) is 17.4. The third kappa shape index (κ3) is 5.17. The third-order valence-electron chi connectivity index (χ3n) is 4.03. The van der Waals surface area contributed by atoms with E-state index in [9.17, 15) is 13.2 Å². The molecule has 0 saturated carbocycles. The van der Waals surface area contributed by atoms with Gasteiger partial charge in [-0.15, -0.1) is 12.4 Å². The Morgan fingerprint density at radius 1 is 1.25 bits per heavy atom. The molecule has 24 heavy (non-hydrogen) atoms. The molecule has 2 rings (SSSR count). The zero-order valence-electron chi connectivity index (χ0n) is 13.9. The standard InChI is InChI=1S/C16H25N3O3S.ClH/c1-13(12-17)18-16(20)14-7-6-8-15(11-14)23(21,22)19-9-4-2-3-5-10-19;/h6-8,11,13H,2-5,9-10,12,17H2,1H3,(H,18,20);1H/t13-;/m0./s1. The second-order valence-electron chi connectivity index (χ2n) is 5.96. The van der Waals surface area contributed by atoms with Crippen molar-refractivity contribution in [1.29, 1.82) is 0 Å². The summed E-state index contributed by atoms with van der Waals surface area (Å²) < 4.78 is 27.1. The number of rotatable bonds is 5. The first-order valence-electron chi connectivity index (χ1n) is 8.06. The lowest BCUT2D eigenvalue weighted by atomic mass is 10.2. The Balaban J connectivity index is 0.00000288. The van der Waals surface area contributed by atoms with Gasteiger partial charge in [0.25, 0.3) is 5.91 Å². The average Bonchev–Trinajstić information content (AvgIpc) is 2.84. The molecular weight excluding hydrogens is 350 g/mol. The minimum absolute atomic E-state index is 0. The number of nitrogens with one attached hydrogen (secondary N) is 1. The van der Waals surface area contributed by atoms with Crippen LogP contribution < -0.4 is 11.1 Å². The zero-order valence-corrected chi connectivity index (χ0v) is 15.5. The molecule has 3 N–H and O–H groups in total. The van der Waals surface area contributed by atoms with Gasteiger partial charge in [0.2, 0.25) is 10.0 Å². The third-order valence-corrected chi connectivity index (χ3v) is 5.92. The number of nitrogens with zero attached hydrogens (tertiary/aromatic N) is 1. The highest BCUT2D eigenvalue weighted by atomic mass is 35.5. The summed E-state index contributed by atoms with van der Waals surface area (Å²) in [7, 11) is -3.55. The Labute approximate surface area is 150 Å². The minimum atomic E-state index is -3.55. The Hall–Kier alpha value is -1.15. The smallest absolute Gasteiger partial charge is 0.251 e. The van der Waals surface area contributed by atoms with Gasteiger partial charge in [-0.2, -0.15) is 4.31 Å². The molecule has 1 atom stereocenters. The van der Waals surface area contributed by atoms with Gasteiger partial charge in [-0.1, -0.05) is 18.9 Å². The number of amides is 1. The lowest BCUT2D eigenvalue weighted by Crippen LogP contribution is -2.38. The minimum Gasteiger partial charge on any atom is -0.348 e. The Morgan fingerprint density at radius 2 is 1.88 bits per heavy atom. The first-order chi connectivity index (χ1) is 10.9. The molecule has 0 spiro atoms. The Kier molecular flexibility index (Phi) is 8.15. The average molecular weight is 376 g/mol. The van der Waals surface area contributed by atoms with Crippen LogP contribution in [0, 0.1) is 0 Å². The number of sulfonamides is 1. The van der Waals surface area contributed by atoms with Crippen LogP contribution in [0.2, 0.25) is 0 Å². The van der Waals surface area contributed by atoms with Crippen LogP contribution in [0.1, 0.15) is 43.0 Å². The van der Waals surface area contributed by atoms with Crippen LogP contribution in [0.5, 0.6) is 0 Å². The van der Waals surface area contributed by atoms with Gasteiger partial charge in [-0.25, -0.2) is 8.42 Å². The maximum atomic E-state index is 12.8. The summed E-state index contributed by atoms with van der Waals surface area (Å²) in [5.74, 6) is -0.309. The highest BCUT2D eigenvalue weighted by Gasteiger charge is 2.25. The van der Waals surface area contributed by atoms with E-state index in [-0.39, 0.29) is 29.3 Å². The monoisotopic (exact) mass is 375 g/mol. The lowest BCUT2D eigenvalue weighted by Gasteiger charge is -2.20. The van der Waals surface area contributed by atoms with Crippen molar-refractivity contribution in [2.45, 2.75) is 43.5 Å². The van der Waals surface area contributed by atoms with E-state index in [2.05, 4.69) is 5.32 Å². The molecule has 1 heterocycles. The highest BCUT2D eigenvalue weighted by Crippen LogP contribution is 2.21. The molecule has 1 aromatic rings. The number of nitrogens with two attached hydrogens (primary N) is 1. The van der Waals surface area contributed by atoms with Crippen molar-refractivity contribution in [3.05, 3.63) is 29.8 Å². The molecule has 136 valence electrons. The largest absolute Gasteiger partial charge is 0.348 e. The molecule has 0 radical (unpaired) electrons. The molecule has 0 aromatic heterocycles. The molecular formula is C16H26ClN3O3S. The van der Waals surface area contributed by atoms with Crippen molar-refractivity contribution in [2.75, 3.05) is 19.6 Å². The predicted molar refractivity (Wildman–Crippen MR) is 96.9 cm³/mol. The van der Waals surface area contributed by atoms with Crippen LogP contribution in [0.4, 0.5) is 0 Å². The van der Waals surface area contributed by atoms with Crippen molar-refractivity contribution >= 4 is 28.3 Å². The zero-order chi connectivity index (χ0) is 16.9.